The first-order valence-corrected chi connectivity index (χ1v) is 7.51. The number of carbonyl (C=O) groups excluding carboxylic acids is 1. The molecule has 0 unspecified atom stereocenters. The molecule has 20 heavy (non-hydrogen) atoms. The summed E-state index contributed by atoms with van der Waals surface area (Å²) in [5, 5.41) is 14.3. The number of rotatable bonds is 6. The van der Waals surface area contributed by atoms with Crippen LogP contribution in [0.4, 0.5) is 5.69 Å². The van der Waals surface area contributed by atoms with Crippen molar-refractivity contribution in [3.8, 4) is 0 Å². The van der Waals surface area contributed by atoms with Gasteiger partial charge in [0.25, 0.3) is 0 Å². The van der Waals surface area contributed by atoms with Crippen LogP contribution in [0.2, 0.25) is 0 Å². The Balaban J connectivity index is 1.83. The molecule has 0 spiro atoms. The molecular weight excluding hydrogens is 252 g/mol. The van der Waals surface area contributed by atoms with Crippen molar-refractivity contribution in [2.75, 3.05) is 25.0 Å². The number of carbonyl (C=O) groups is 1. The monoisotopic (exact) mass is 276 g/mol. The Labute approximate surface area is 120 Å². The number of aliphatic hydroxyl groups excluding tert-OH is 1. The maximum Gasteiger partial charge on any atom is 0.238 e. The fourth-order valence-electron chi connectivity index (χ4n) is 2.76. The van der Waals surface area contributed by atoms with Crippen LogP contribution in [-0.4, -0.2) is 30.7 Å². The fourth-order valence-corrected chi connectivity index (χ4v) is 2.76. The summed E-state index contributed by atoms with van der Waals surface area (Å²) in [6, 6.07) is 8.22. The van der Waals surface area contributed by atoms with Crippen molar-refractivity contribution in [1.82, 2.24) is 5.32 Å². The highest BCUT2D eigenvalue weighted by Crippen LogP contribution is 2.32. The van der Waals surface area contributed by atoms with Gasteiger partial charge in [0, 0.05) is 12.2 Å². The van der Waals surface area contributed by atoms with Crippen LogP contribution < -0.4 is 10.6 Å². The second kappa shape index (κ2) is 8.02. The Hall–Kier alpha value is -1.39. The number of hydrogen-bond donors (Lipinski definition) is 3. The molecule has 3 N–H and O–H groups in total. The number of amides is 1. The van der Waals surface area contributed by atoms with Crippen molar-refractivity contribution in [2.45, 2.75) is 38.0 Å². The van der Waals surface area contributed by atoms with Crippen LogP contribution in [0.1, 0.15) is 43.6 Å². The fraction of sp³-hybridized carbons (Fsp3) is 0.562. The quantitative estimate of drug-likeness (QED) is 0.698. The van der Waals surface area contributed by atoms with Crippen LogP contribution >= 0.6 is 0 Å². The Morgan fingerprint density at radius 1 is 1.15 bits per heavy atom. The number of aliphatic hydroxyl groups is 1. The predicted octanol–water partition coefficient (Wildman–Crippen LogP) is 2.25. The van der Waals surface area contributed by atoms with Gasteiger partial charge >= 0.3 is 0 Å². The van der Waals surface area contributed by atoms with Gasteiger partial charge < -0.3 is 15.7 Å². The van der Waals surface area contributed by atoms with E-state index in [1.54, 1.807) is 0 Å². The lowest BCUT2D eigenvalue weighted by Crippen LogP contribution is -2.29. The van der Waals surface area contributed by atoms with Crippen LogP contribution in [0.3, 0.4) is 0 Å². The van der Waals surface area contributed by atoms with E-state index in [1.807, 2.05) is 12.1 Å². The second-order valence-corrected chi connectivity index (χ2v) is 5.41. The van der Waals surface area contributed by atoms with Crippen LogP contribution in [-0.2, 0) is 4.79 Å². The molecule has 4 heteroatoms. The SMILES string of the molecule is O=C(CNCCO)Nc1ccc(C2CCCCC2)cc1. The molecule has 1 amide bonds. The second-order valence-electron chi connectivity index (χ2n) is 5.41. The maximum atomic E-state index is 11.6. The summed E-state index contributed by atoms with van der Waals surface area (Å²) in [6.45, 7) is 0.711. The molecule has 1 aromatic carbocycles. The van der Waals surface area contributed by atoms with E-state index in [2.05, 4.69) is 22.8 Å². The molecule has 2 rings (SSSR count). The van der Waals surface area contributed by atoms with E-state index in [0.29, 0.717) is 12.5 Å². The molecule has 1 saturated carbocycles. The topological polar surface area (TPSA) is 61.4 Å². The van der Waals surface area contributed by atoms with Gasteiger partial charge in [0.15, 0.2) is 0 Å². The van der Waals surface area contributed by atoms with E-state index in [9.17, 15) is 4.79 Å². The summed E-state index contributed by atoms with van der Waals surface area (Å²) in [6.07, 6.45) is 6.61. The molecule has 0 heterocycles. The minimum Gasteiger partial charge on any atom is -0.395 e. The van der Waals surface area contributed by atoms with Crippen molar-refractivity contribution >= 4 is 11.6 Å². The van der Waals surface area contributed by atoms with E-state index in [-0.39, 0.29) is 19.1 Å². The molecule has 1 aromatic rings. The highest BCUT2D eigenvalue weighted by atomic mass is 16.3. The first kappa shape index (κ1) is 15.0. The zero-order valence-electron chi connectivity index (χ0n) is 11.9. The van der Waals surface area contributed by atoms with Gasteiger partial charge in [-0.3, -0.25) is 4.79 Å². The average molecular weight is 276 g/mol. The lowest BCUT2D eigenvalue weighted by atomic mass is 9.84. The van der Waals surface area contributed by atoms with E-state index < -0.39 is 0 Å². The summed E-state index contributed by atoms with van der Waals surface area (Å²) >= 11 is 0. The zero-order chi connectivity index (χ0) is 14.2. The molecule has 1 aliphatic carbocycles. The average Bonchev–Trinajstić information content (AvgIpc) is 2.49. The Morgan fingerprint density at radius 2 is 1.85 bits per heavy atom. The maximum absolute atomic E-state index is 11.6. The molecule has 110 valence electrons. The van der Waals surface area contributed by atoms with E-state index in [4.69, 9.17) is 5.11 Å². The molecule has 0 atom stereocenters. The third-order valence-electron chi connectivity index (χ3n) is 3.85. The van der Waals surface area contributed by atoms with Gasteiger partial charge in [0.05, 0.1) is 13.2 Å². The summed E-state index contributed by atoms with van der Waals surface area (Å²) in [5.41, 5.74) is 2.22. The van der Waals surface area contributed by atoms with Gasteiger partial charge in [-0.25, -0.2) is 0 Å². The van der Waals surface area contributed by atoms with Gasteiger partial charge in [-0.05, 0) is 36.5 Å². The van der Waals surface area contributed by atoms with Crippen LogP contribution in [0, 0.1) is 0 Å². The first-order valence-electron chi connectivity index (χ1n) is 7.51. The molecule has 0 bridgehead atoms. The van der Waals surface area contributed by atoms with Crippen molar-refractivity contribution in [3.05, 3.63) is 29.8 Å². The van der Waals surface area contributed by atoms with Crippen LogP contribution in [0.15, 0.2) is 24.3 Å². The number of hydrogen-bond acceptors (Lipinski definition) is 3. The van der Waals surface area contributed by atoms with E-state index in [1.165, 1.54) is 37.7 Å². The first-order chi connectivity index (χ1) is 9.79. The summed E-state index contributed by atoms with van der Waals surface area (Å²) < 4.78 is 0. The van der Waals surface area contributed by atoms with Gasteiger partial charge in [-0.2, -0.15) is 0 Å². The molecule has 1 aliphatic rings. The summed E-state index contributed by atoms with van der Waals surface area (Å²) in [7, 11) is 0. The highest BCUT2D eigenvalue weighted by molar-refractivity contribution is 5.92. The molecule has 0 aromatic heterocycles. The van der Waals surface area contributed by atoms with Crippen LogP contribution in [0.25, 0.3) is 0 Å². The number of anilines is 1. The Kier molecular flexibility index (Phi) is 6.02. The van der Waals surface area contributed by atoms with Crippen molar-refractivity contribution in [1.29, 1.82) is 0 Å². The summed E-state index contributed by atoms with van der Waals surface area (Å²) in [5.74, 6) is 0.614. The standard InChI is InChI=1S/C16H24N2O2/c19-11-10-17-12-16(20)18-15-8-6-14(7-9-15)13-4-2-1-3-5-13/h6-9,13,17,19H,1-5,10-12H2,(H,18,20). The predicted molar refractivity (Wildman–Crippen MR) is 80.9 cm³/mol. The van der Waals surface area contributed by atoms with E-state index >= 15 is 0 Å². The molecule has 0 saturated heterocycles. The third kappa shape index (κ3) is 4.62. The molecule has 0 radical (unpaired) electrons. The normalized spacial score (nSPS) is 16.1. The van der Waals surface area contributed by atoms with Crippen molar-refractivity contribution in [3.63, 3.8) is 0 Å². The number of benzene rings is 1. The minimum atomic E-state index is -0.0798. The van der Waals surface area contributed by atoms with E-state index in [0.717, 1.165) is 5.69 Å². The largest absolute Gasteiger partial charge is 0.395 e. The molecule has 0 aliphatic heterocycles. The van der Waals surface area contributed by atoms with Crippen molar-refractivity contribution < 1.29 is 9.90 Å². The highest BCUT2D eigenvalue weighted by Gasteiger charge is 2.15. The third-order valence-corrected chi connectivity index (χ3v) is 3.85. The minimum absolute atomic E-state index is 0.0450. The van der Waals surface area contributed by atoms with Gasteiger partial charge in [0.2, 0.25) is 5.91 Å². The van der Waals surface area contributed by atoms with Gasteiger partial charge in [-0.1, -0.05) is 31.4 Å². The van der Waals surface area contributed by atoms with Gasteiger partial charge in [-0.15, -0.1) is 0 Å². The molecular formula is C16H24N2O2. The Morgan fingerprint density at radius 3 is 2.50 bits per heavy atom. The summed E-state index contributed by atoms with van der Waals surface area (Å²) in [4.78, 5) is 11.6. The Bertz CT molecular complexity index is 411. The lowest BCUT2D eigenvalue weighted by molar-refractivity contribution is -0.115. The smallest absolute Gasteiger partial charge is 0.238 e. The van der Waals surface area contributed by atoms with Gasteiger partial charge in [0.1, 0.15) is 0 Å². The van der Waals surface area contributed by atoms with Crippen molar-refractivity contribution in [2.24, 2.45) is 0 Å². The molecule has 4 nitrogen and oxygen atoms in total. The number of nitrogens with one attached hydrogen (secondary N) is 2. The zero-order valence-corrected chi connectivity index (χ0v) is 11.9. The molecule has 1 fully saturated rings. The lowest BCUT2D eigenvalue weighted by Gasteiger charge is -2.22. The van der Waals surface area contributed by atoms with Crippen LogP contribution in [0.5, 0.6) is 0 Å².